The number of anilines is 1. The Morgan fingerprint density at radius 1 is 1.42 bits per heavy atom. The molecule has 1 atom stereocenters. The number of nitro benzene ring substituents is 1. The lowest BCUT2D eigenvalue weighted by atomic mass is 10.2. The van der Waals surface area contributed by atoms with Gasteiger partial charge in [0.05, 0.1) is 10.2 Å². The zero-order valence-electron chi connectivity index (χ0n) is 12.8. The number of aromatic nitrogens is 3. The van der Waals surface area contributed by atoms with E-state index in [1.807, 2.05) is 0 Å². The quantitative estimate of drug-likeness (QED) is 0.261. The fourth-order valence-corrected chi connectivity index (χ4v) is 2.51. The molecule has 0 saturated heterocycles. The Labute approximate surface area is 146 Å². The van der Waals surface area contributed by atoms with Crippen molar-refractivity contribution >= 4 is 29.0 Å². The lowest BCUT2D eigenvalue weighted by Gasteiger charge is -2.12. The van der Waals surface area contributed by atoms with Crippen LogP contribution >= 0.6 is 11.8 Å². The van der Waals surface area contributed by atoms with Crippen LogP contribution in [0.2, 0.25) is 0 Å². The smallest absolute Gasteiger partial charge is 0.335 e. The molecule has 3 N–H and O–H groups in total. The number of alkyl halides is 3. The fraction of sp³-hybridized carbons (Fsp3) is 0.250. The van der Waals surface area contributed by atoms with Crippen LogP contribution in [0.1, 0.15) is 12.7 Å². The average molecular weight is 394 g/mol. The van der Waals surface area contributed by atoms with Gasteiger partial charge in [0.15, 0.2) is 0 Å². The van der Waals surface area contributed by atoms with E-state index in [1.165, 1.54) is 6.92 Å². The SMILES string of the molecule is CC(Sc1nnc(C(F)(F)F)n1N)C(=O)Nc1ccc(F)c([N+](=O)[O-])c1. The zero-order chi connectivity index (χ0) is 19.6. The summed E-state index contributed by atoms with van der Waals surface area (Å²) in [6.07, 6.45) is -4.81. The first-order valence-corrected chi connectivity index (χ1v) is 7.57. The minimum Gasteiger partial charge on any atom is -0.335 e. The van der Waals surface area contributed by atoms with Gasteiger partial charge in [-0.2, -0.15) is 17.6 Å². The van der Waals surface area contributed by atoms with E-state index in [2.05, 4.69) is 15.5 Å². The first kappa shape index (κ1) is 19.4. The van der Waals surface area contributed by atoms with Gasteiger partial charge in [0.2, 0.25) is 16.9 Å². The summed E-state index contributed by atoms with van der Waals surface area (Å²) in [7, 11) is 0. The standard InChI is InChI=1S/C12H10F4N6O3S/c1-5(26-11-20-19-10(21(11)17)12(14,15)16)9(23)18-6-2-3-7(13)8(4-6)22(24)25/h2-5H,17H2,1H3,(H,18,23). The third kappa shape index (κ3) is 4.19. The summed E-state index contributed by atoms with van der Waals surface area (Å²) < 4.78 is 51.3. The molecule has 0 aliphatic rings. The maximum absolute atomic E-state index is 13.3. The van der Waals surface area contributed by atoms with E-state index in [0.717, 1.165) is 18.2 Å². The molecule has 9 nitrogen and oxygen atoms in total. The van der Waals surface area contributed by atoms with E-state index in [9.17, 15) is 32.5 Å². The number of hydrogen-bond donors (Lipinski definition) is 2. The molecule has 26 heavy (non-hydrogen) atoms. The lowest BCUT2D eigenvalue weighted by Crippen LogP contribution is -2.25. The number of nitrogens with one attached hydrogen (secondary N) is 1. The molecule has 140 valence electrons. The molecule has 0 radical (unpaired) electrons. The number of nitrogen functional groups attached to an aromatic ring is 1. The average Bonchev–Trinajstić information content (AvgIpc) is 2.89. The van der Waals surface area contributed by atoms with Crippen LogP contribution < -0.4 is 11.2 Å². The second-order valence-electron chi connectivity index (χ2n) is 4.85. The van der Waals surface area contributed by atoms with Crippen LogP contribution in [0.15, 0.2) is 23.4 Å². The summed E-state index contributed by atoms with van der Waals surface area (Å²) in [4.78, 5) is 21.8. The third-order valence-corrected chi connectivity index (χ3v) is 4.04. The number of carbonyl (C=O) groups is 1. The van der Waals surface area contributed by atoms with Gasteiger partial charge in [-0.3, -0.25) is 14.9 Å². The topological polar surface area (TPSA) is 129 Å². The lowest BCUT2D eigenvalue weighted by molar-refractivity contribution is -0.387. The van der Waals surface area contributed by atoms with E-state index in [1.54, 1.807) is 0 Å². The van der Waals surface area contributed by atoms with E-state index in [0.29, 0.717) is 11.8 Å². The van der Waals surface area contributed by atoms with Crippen LogP contribution in [-0.2, 0) is 11.0 Å². The summed E-state index contributed by atoms with van der Waals surface area (Å²) in [6, 6.07) is 2.72. The molecule has 0 fully saturated rings. The number of benzene rings is 1. The van der Waals surface area contributed by atoms with Crippen LogP contribution in [0.5, 0.6) is 0 Å². The summed E-state index contributed by atoms with van der Waals surface area (Å²) in [5.74, 6) is 2.04. The van der Waals surface area contributed by atoms with Crippen molar-refractivity contribution in [3.8, 4) is 0 Å². The number of amides is 1. The molecule has 0 bridgehead atoms. The second kappa shape index (κ2) is 7.15. The van der Waals surface area contributed by atoms with Crippen LogP contribution in [0, 0.1) is 15.9 Å². The highest BCUT2D eigenvalue weighted by Gasteiger charge is 2.38. The Morgan fingerprint density at radius 2 is 2.08 bits per heavy atom. The molecular formula is C12H10F4N6O3S. The van der Waals surface area contributed by atoms with Crippen molar-refractivity contribution in [2.24, 2.45) is 0 Å². The minimum atomic E-state index is -4.81. The van der Waals surface area contributed by atoms with Crippen molar-refractivity contribution in [2.75, 3.05) is 11.2 Å². The van der Waals surface area contributed by atoms with Gasteiger partial charge in [-0.15, -0.1) is 10.2 Å². The molecule has 14 heteroatoms. The van der Waals surface area contributed by atoms with Crippen LogP contribution in [0.25, 0.3) is 0 Å². The Bertz CT molecular complexity index is 856. The van der Waals surface area contributed by atoms with E-state index in [-0.39, 0.29) is 15.5 Å². The highest BCUT2D eigenvalue weighted by molar-refractivity contribution is 8.00. The number of nitrogens with two attached hydrogens (primary N) is 1. The number of thioether (sulfide) groups is 1. The van der Waals surface area contributed by atoms with Gasteiger partial charge in [0.1, 0.15) is 0 Å². The molecule has 1 aromatic heterocycles. The summed E-state index contributed by atoms with van der Waals surface area (Å²) in [5, 5.41) is 17.8. The monoisotopic (exact) mass is 394 g/mol. The van der Waals surface area contributed by atoms with Gasteiger partial charge in [-0.25, -0.2) is 4.68 Å². The predicted molar refractivity (Wildman–Crippen MR) is 82.2 cm³/mol. The molecule has 1 heterocycles. The molecule has 1 aromatic carbocycles. The number of nitro groups is 1. The Hall–Kier alpha value is -2.90. The van der Waals surface area contributed by atoms with E-state index >= 15 is 0 Å². The number of hydrogen-bond acceptors (Lipinski definition) is 7. The van der Waals surface area contributed by atoms with Crippen LogP contribution in [0.3, 0.4) is 0 Å². The molecule has 0 saturated carbocycles. The highest BCUT2D eigenvalue weighted by Crippen LogP contribution is 2.30. The molecule has 2 rings (SSSR count). The molecule has 0 spiro atoms. The van der Waals surface area contributed by atoms with Gasteiger partial charge >= 0.3 is 11.9 Å². The molecule has 2 aromatic rings. The minimum absolute atomic E-state index is 0.0549. The number of carbonyl (C=O) groups excluding carboxylic acids is 1. The first-order valence-electron chi connectivity index (χ1n) is 6.70. The molecule has 1 amide bonds. The molecule has 0 aliphatic heterocycles. The van der Waals surface area contributed by atoms with Gasteiger partial charge in [-0.1, -0.05) is 11.8 Å². The van der Waals surface area contributed by atoms with E-state index in [4.69, 9.17) is 5.84 Å². The summed E-state index contributed by atoms with van der Waals surface area (Å²) in [6.45, 7) is 1.35. The van der Waals surface area contributed by atoms with Crippen molar-refractivity contribution in [1.82, 2.24) is 14.9 Å². The van der Waals surface area contributed by atoms with E-state index < -0.39 is 39.6 Å². The van der Waals surface area contributed by atoms with Gasteiger partial charge in [0, 0.05) is 11.8 Å². The fourth-order valence-electron chi connectivity index (χ4n) is 1.74. The normalized spacial score (nSPS) is 12.7. The predicted octanol–water partition coefficient (Wildman–Crippen LogP) is 2.18. The van der Waals surface area contributed by atoms with Crippen LogP contribution in [-0.4, -0.2) is 31.0 Å². The summed E-state index contributed by atoms with van der Waals surface area (Å²) >= 11 is 0.592. The third-order valence-electron chi connectivity index (χ3n) is 2.98. The van der Waals surface area contributed by atoms with Gasteiger partial charge in [0.25, 0.3) is 5.82 Å². The molecule has 0 aliphatic carbocycles. The maximum atomic E-state index is 13.3. The van der Waals surface area contributed by atoms with Crippen molar-refractivity contribution < 1.29 is 27.3 Å². The summed E-state index contributed by atoms with van der Waals surface area (Å²) in [5.41, 5.74) is -0.889. The van der Waals surface area contributed by atoms with Crippen molar-refractivity contribution in [3.05, 3.63) is 40.0 Å². The maximum Gasteiger partial charge on any atom is 0.453 e. The molecular weight excluding hydrogens is 384 g/mol. The Balaban J connectivity index is 2.10. The number of halogens is 4. The Morgan fingerprint density at radius 3 is 2.62 bits per heavy atom. The number of rotatable bonds is 5. The van der Waals surface area contributed by atoms with Crippen molar-refractivity contribution in [2.45, 2.75) is 23.5 Å². The highest BCUT2D eigenvalue weighted by atomic mass is 32.2. The Kier molecular flexibility index (Phi) is 5.34. The van der Waals surface area contributed by atoms with Gasteiger partial charge in [-0.05, 0) is 19.1 Å². The van der Waals surface area contributed by atoms with Crippen molar-refractivity contribution in [3.63, 3.8) is 0 Å². The van der Waals surface area contributed by atoms with Crippen LogP contribution in [0.4, 0.5) is 28.9 Å². The largest absolute Gasteiger partial charge is 0.453 e. The first-order chi connectivity index (χ1) is 12.0. The van der Waals surface area contributed by atoms with Gasteiger partial charge < -0.3 is 11.2 Å². The number of nitrogens with zero attached hydrogens (tertiary/aromatic N) is 4. The second-order valence-corrected chi connectivity index (χ2v) is 6.15. The molecule has 1 unspecified atom stereocenters. The van der Waals surface area contributed by atoms with Crippen molar-refractivity contribution in [1.29, 1.82) is 0 Å². The zero-order valence-corrected chi connectivity index (χ0v) is 13.6.